The van der Waals surface area contributed by atoms with Crippen molar-refractivity contribution in [3.63, 3.8) is 0 Å². The highest BCUT2D eigenvalue weighted by molar-refractivity contribution is 9.10. The SMILES string of the molecule is CC1(C)OB(c2cnc(C3CC3)c(Br)c2)OC1(C)C. The van der Waals surface area contributed by atoms with Gasteiger partial charge >= 0.3 is 7.12 Å². The molecule has 1 aliphatic carbocycles. The van der Waals surface area contributed by atoms with Gasteiger partial charge in [0.2, 0.25) is 0 Å². The second kappa shape index (κ2) is 4.30. The third-order valence-corrected chi connectivity index (χ3v) is 5.02. The quantitative estimate of drug-likeness (QED) is 0.784. The minimum atomic E-state index is -0.331. The largest absolute Gasteiger partial charge is 0.496 e. The molecule has 1 saturated heterocycles. The number of rotatable bonds is 2. The van der Waals surface area contributed by atoms with E-state index in [1.54, 1.807) is 0 Å². The summed E-state index contributed by atoms with van der Waals surface area (Å²) in [7, 11) is -0.331. The van der Waals surface area contributed by atoms with Crippen molar-refractivity contribution in [2.45, 2.75) is 57.7 Å². The third kappa shape index (κ3) is 2.37. The number of hydrogen-bond acceptors (Lipinski definition) is 3. The van der Waals surface area contributed by atoms with Gasteiger partial charge in [0.05, 0.1) is 16.9 Å². The Morgan fingerprint density at radius 3 is 2.26 bits per heavy atom. The highest BCUT2D eigenvalue weighted by Gasteiger charge is 2.51. The summed E-state index contributed by atoms with van der Waals surface area (Å²) in [5, 5.41) is 0. The maximum absolute atomic E-state index is 6.04. The Bertz CT molecular complexity index is 498. The van der Waals surface area contributed by atoms with Crippen molar-refractivity contribution >= 4 is 28.5 Å². The van der Waals surface area contributed by atoms with Crippen LogP contribution >= 0.6 is 15.9 Å². The minimum absolute atomic E-state index is 0.306. The summed E-state index contributed by atoms with van der Waals surface area (Å²) in [5.41, 5.74) is 1.54. The van der Waals surface area contributed by atoms with E-state index in [-0.39, 0.29) is 18.3 Å². The molecule has 3 rings (SSSR count). The van der Waals surface area contributed by atoms with Gasteiger partial charge in [-0.05, 0) is 62.5 Å². The lowest BCUT2D eigenvalue weighted by atomic mass is 9.80. The summed E-state index contributed by atoms with van der Waals surface area (Å²) in [5.74, 6) is 0.640. The van der Waals surface area contributed by atoms with Crippen LogP contribution < -0.4 is 5.46 Å². The summed E-state index contributed by atoms with van der Waals surface area (Å²) in [6, 6.07) is 2.09. The number of hydrogen-bond donors (Lipinski definition) is 0. The molecule has 0 atom stereocenters. The van der Waals surface area contributed by atoms with Crippen molar-refractivity contribution in [3.05, 3.63) is 22.4 Å². The number of pyridine rings is 1. The van der Waals surface area contributed by atoms with Crippen LogP contribution in [-0.4, -0.2) is 23.3 Å². The molecule has 3 nitrogen and oxygen atoms in total. The Morgan fingerprint density at radius 1 is 1.21 bits per heavy atom. The molecule has 1 aliphatic heterocycles. The van der Waals surface area contributed by atoms with Gasteiger partial charge < -0.3 is 9.31 Å². The zero-order valence-electron chi connectivity index (χ0n) is 11.9. The zero-order valence-corrected chi connectivity index (χ0v) is 13.5. The Morgan fingerprint density at radius 2 is 1.79 bits per heavy atom. The molecule has 19 heavy (non-hydrogen) atoms. The van der Waals surface area contributed by atoms with Crippen LogP contribution in [0.5, 0.6) is 0 Å². The lowest BCUT2D eigenvalue weighted by Gasteiger charge is -2.32. The molecule has 2 aliphatic rings. The minimum Gasteiger partial charge on any atom is -0.399 e. The summed E-state index contributed by atoms with van der Waals surface area (Å²) >= 11 is 3.62. The van der Waals surface area contributed by atoms with Crippen molar-refractivity contribution in [1.82, 2.24) is 4.98 Å². The van der Waals surface area contributed by atoms with Crippen LogP contribution in [0.1, 0.15) is 52.1 Å². The predicted octanol–water partition coefficient (Wildman–Crippen LogP) is 3.02. The molecule has 1 aromatic heterocycles. The van der Waals surface area contributed by atoms with Crippen molar-refractivity contribution in [2.24, 2.45) is 0 Å². The van der Waals surface area contributed by atoms with Gasteiger partial charge in [-0.2, -0.15) is 0 Å². The topological polar surface area (TPSA) is 31.4 Å². The van der Waals surface area contributed by atoms with Crippen molar-refractivity contribution in [3.8, 4) is 0 Å². The highest BCUT2D eigenvalue weighted by Crippen LogP contribution is 2.42. The van der Waals surface area contributed by atoms with E-state index in [9.17, 15) is 0 Å². The van der Waals surface area contributed by atoms with Gasteiger partial charge in [0, 0.05) is 22.1 Å². The van der Waals surface area contributed by atoms with Crippen molar-refractivity contribution < 1.29 is 9.31 Å². The fourth-order valence-electron chi connectivity index (χ4n) is 2.23. The zero-order chi connectivity index (χ0) is 13.8. The molecule has 0 bridgehead atoms. The fraction of sp³-hybridized carbons (Fsp3) is 0.643. The number of nitrogens with zero attached hydrogens (tertiary/aromatic N) is 1. The third-order valence-electron chi connectivity index (χ3n) is 4.38. The molecule has 0 unspecified atom stereocenters. The Labute approximate surface area is 123 Å². The molecule has 2 fully saturated rings. The van der Waals surface area contributed by atoms with Gasteiger partial charge in [-0.15, -0.1) is 0 Å². The fourth-order valence-corrected chi connectivity index (χ4v) is 2.92. The number of aromatic nitrogens is 1. The first kappa shape index (κ1) is 13.6. The van der Waals surface area contributed by atoms with Crippen LogP contribution in [-0.2, 0) is 9.31 Å². The summed E-state index contributed by atoms with van der Waals surface area (Å²) in [4.78, 5) is 4.57. The molecule has 0 aromatic carbocycles. The van der Waals surface area contributed by atoms with Gasteiger partial charge in [0.15, 0.2) is 0 Å². The second-order valence-corrected chi connectivity index (χ2v) is 7.35. The molecular weight excluding hydrogens is 305 g/mol. The van der Waals surface area contributed by atoms with Crippen LogP contribution in [0.3, 0.4) is 0 Å². The molecule has 2 heterocycles. The van der Waals surface area contributed by atoms with Crippen LogP contribution in [0, 0.1) is 0 Å². The molecule has 0 N–H and O–H groups in total. The molecule has 0 amide bonds. The van der Waals surface area contributed by atoms with E-state index in [2.05, 4.69) is 54.7 Å². The van der Waals surface area contributed by atoms with Crippen LogP contribution in [0.15, 0.2) is 16.7 Å². The summed E-state index contributed by atoms with van der Waals surface area (Å²) in [6.07, 6.45) is 4.39. The maximum Gasteiger partial charge on any atom is 0.496 e. The first-order valence-electron chi connectivity index (χ1n) is 6.81. The molecule has 1 saturated carbocycles. The summed E-state index contributed by atoms with van der Waals surface area (Å²) < 4.78 is 13.1. The summed E-state index contributed by atoms with van der Waals surface area (Å²) in [6.45, 7) is 8.25. The maximum atomic E-state index is 6.04. The standard InChI is InChI=1S/C14H19BBrNO2/c1-13(2)14(3,4)19-15(18-13)10-7-11(16)12(17-8-10)9-5-6-9/h7-9H,5-6H2,1-4H3. The van der Waals surface area contributed by atoms with Crippen LogP contribution in [0.4, 0.5) is 0 Å². The van der Waals surface area contributed by atoms with Crippen LogP contribution in [0.25, 0.3) is 0 Å². The number of halogens is 1. The van der Waals surface area contributed by atoms with Gasteiger partial charge in [-0.1, -0.05) is 0 Å². The van der Waals surface area contributed by atoms with E-state index in [4.69, 9.17) is 9.31 Å². The first-order chi connectivity index (χ1) is 8.80. The molecule has 0 spiro atoms. The second-order valence-electron chi connectivity index (χ2n) is 6.50. The highest BCUT2D eigenvalue weighted by atomic mass is 79.9. The Balaban J connectivity index is 1.86. The van der Waals surface area contributed by atoms with Crippen molar-refractivity contribution in [1.29, 1.82) is 0 Å². The van der Waals surface area contributed by atoms with Gasteiger partial charge in [-0.25, -0.2) is 0 Å². The van der Waals surface area contributed by atoms with E-state index in [1.165, 1.54) is 18.5 Å². The lowest BCUT2D eigenvalue weighted by Crippen LogP contribution is -2.41. The molecule has 1 aromatic rings. The average Bonchev–Trinajstić information content (AvgIpc) is 3.07. The van der Waals surface area contributed by atoms with Crippen molar-refractivity contribution in [2.75, 3.05) is 0 Å². The van der Waals surface area contributed by atoms with Gasteiger partial charge in [-0.3, -0.25) is 4.98 Å². The normalized spacial score (nSPS) is 24.8. The van der Waals surface area contributed by atoms with E-state index in [0.29, 0.717) is 5.92 Å². The van der Waals surface area contributed by atoms with Gasteiger partial charge in [0.1, 0.15) is 0 Å². The average molecular weight is 324 g/mol. The van der Waals surface area contributed by atoms with E-state index >= 15 is 0 Å². The van der Waals surface area contributed by atoms with E-state index in [0.717, 1.165) is 9.94 Å². The van der Waals surface area contributed by atoms with E-state index in [1.807, 2.05) is 6.20 Å². The molecule has 5 heteroatoms. The predicted molar refractivity (Wildman–Crippen MR) is 79.6 cm³/mol. The lowest BCUT2D eigenvalue weighted by molar-refractivity contribution is 0.00578. The van der Waals surface area contributed by atoms with Gasteiger partial charge in [0.25, 0.3) is 0 Å². The Hall–Kier alpha value is -0.385. The molecular formula is C14H19BBrNO2. The molecule has 0 radical (unpaired) electrons. The smallest absolute Gasteiger partial charge is 0.399 e. The first-order valence-corrected chi connectivity index (χ1v) is 7.60. The monoisotopic (exact) mass is 323 g/mol. The molecule has 102 valence electrons. The van der Waals surface area contributed by atoms with Crippen LogP contribution in [0.2, 0.25) is 0 Å². The van der Waals surface area contributed by atoms with E-state index < -0.39 is 0 Å². The Kier molecular flexibility index (Phi) is 3.08.